The monoisotopic (exact) mass is 307 g/mol. The molecule has 7 heteroatoms. The fourth-order valence-corrected chi connectivity index (χ4v) is 1.22. The summed E-state index contributed by atoms with van der Waals surface area (Å²) in [6.07, 6.45) is -0.435. The number of rotatable bonds is 12. The van der Waals surface area contributed by atoms with E-state index in [0.29, 0.717) is 52.8 Å². The molecule has 1 amide bonds. The van der Waals surface area contributed by atoms with Crippen LogP contribution in [0, 0.1) is 0 Å². The molecule has 1 N–H and O–H groups in total. The molecule has 0 aromatic rings. The van der Waals surface area contributed by atoms with Crippen LogP contribution in [0.2, 0.25) is 0 Å². The van der Waals surface area contributed by atoms with Gasteiger partial charge >= 0.3 is 6.09 Å². The molecular formula is C14H29NO6. The molecule has 0 fully saturated rings. The number of methoxy groups -OCH3 is 1. The molecule has 0 saturated heterocycles. The molecule has 0 spiro atoms. The largest absolute Gasteiger partial charge is 0.444 e. The lowest BCUT2D eigenvalue weighted by atomic mass is 10.2. The van der Waals surface area contributed by atoms with Crippen molar-refractivity contribution in [3.8, 4) is 0 Å². The van der Waals surface area contributed by atoms with E-state index in [9.17, 15) is 4.79 Å². The van der Waals surface area contributed by atoms with Crippen molar-refractivity contribution in [1.29, 1.82) is 0 Å². The van der Waals surface area contributed by atoms with Gasteiger partial charge in [0.05, 0.1) is 46.2 Å². The van der Waals surface area contributed by atoms with Gasteiger partial charge in [0.25, 0.3) is 0 Å². The minimum atomic E-state index is -0.482. The second-order valence-corrected chi connectivity index (χ2v) is 5.26. The summed E-state index contributed by atoms with van der Waals surface area (Å²) in [4.78, 5) is 11.3. The summed E-state index contributed by atoms with van der Waals surface area (Å²) in [5.41, 5.74) is -0.482. The Morgan fingerprint density at radius 2 is 1.33 bits per heavy atom. The van der Waals surface area contributed by atoms with Gasteiger partial charge in [-0.2, -0.15) is 0 Å². The summed E-state index contributed by atoms with van der Waals surface area (Å²) < 4.78 is 25.8. The first-order valence-corrected chi connectivity index (χ1v) is 7.14. The Kier molecular flexibility index (Phi) is 12.3. The average Bonchev–Trinajstić information content (AvgIpc) is 2.38. The van der Waals surface area contributed by atoms with Gasteiger partial charge < -0.3 is 29.0 Å². The van der Waals surface area contributed by atoms with Gasteiger partial charge in [-0.15, -0.1) is 0 Å². The smallest absolute Gasteiger partial charge is 0.407 e. The first-order valence-electron chi connectivity index (χ1n) is 7.14. The fourth-order valence-electron chi connectivity index (χ4n) is 1.22. The van der Waals surface area contributed by atoms with Gasteiger partial charge in [0.15, 0.2) is 0 Å². The van der Waals surface area contributed by atoms with E-state index in [1.165, 1.54) is 0 Å². The van der Waals surface area contributed by atoms with Gasteiger partial charge in [-0.3, -0.25) is 0 Å². The van der Waals surface area contributed by atoms with Gasteiger partial charge in [0.2, 0.25) is 0 Å². The third-order valence-electron chi connectivity index (χ3n) is 2.09. The third kappa shape index (κ3) is 17.1. The van der Waals surface area contributed by atoms with Crippen molar-refractivity contribution < 1.29 is 28.5 Å². The Hall–Kier alpha value is -0.890. The highest BCUT2D eigenvalue weighted by Gasteiger charge is 2.15. The first-order chi connectivity index (χ1) is 9.95. The number of amides is 1. The maximum Gasteiger partial charge on any atom is 0.407 e. The fraction of sp³-hybridized carbons (Fsp3) is 0.929. The summed E-state index contributed by atoms with van der Waals surface area (Å²) in [6, 6.07) is 0. The van der Waals surface area contributed by atoms with Crippen LogP contribution >= 0.6 is 0 Å². The minimum absolute atomic E-state index is 0.412. The number of hydrogen-bond acceptors (Lipinski definition) is 6. The molecule has 0 unspecified atom stereocenters. The molecule has 0 aliphatic carbocycles. The second kappa shape index (κ2) is 12.8. The Morgan fingerprint density at radius 1 is 0.857 bits per heavy atom. The molecule has 0 aliphatic heterocycles. The zero-order valence-electron chi connectivity index (χ0n) is 13.6. The van der Waals surface area contributed by atoms with Crippen LogP contribution in [0.15, 0.2) is 0 Å². The molecule has 0 rings (SSSR count). The van der Waals surface area contributed by atoms with E-state index in [1.807, 2.05) is 20.8 Å². The van der Waals surface area contributed by atoms with Gasteiger partial charge in [0, 0.05) is 13.7 Å². The third-order valence-corrected chi connectivity index (χ3v) is 2.09. The lowest BCUT2D eigenvalue weighted by molar-refractivity contribution is 0.00356. The zero-order valence-corrected chi connectivity index (χ0v) is 13.6. The van der Waals surface area contributed by atoms with E-state index < -0.39 is 11.7 Å². The Labute approximate surface area is 127 Å². The Morgan fingerprint density at radius 3 is 1.81 bits per heavy atom. The summed E-state index contributed by atoms with van der Waals surface area (Å²) >= 11 is 0. The normalized spacial score (nSPS) is 11.4. The van der Waals surface area contributed by atoms with E-state index in [0.717, 1.165) is 0 Å². The molecule has 0 heterocycles. The van der Waals surface area contributed by atoms with E-state index in [1.54, 1.807) is 7.11 Å². The predicted molar refractivity (Wildman–Crippen MR) is 78.6 cm³/mol. The van der Waals surface area contributed by atoms with E-state index in [-0.39, 0.29) is 0 Å². The van der Waals surface area contributed by atoms with E-state index in [4.69, 9.17) is 23.7 Å². The van der Waals surface area contributed by atoms with Crippen molar-refractivity contribution in [2.45, 2.75) is 26.4 Å². The standard InChI is InChI=1S/C14H29NO6/c1-14(2,3)21-13(16)15-5-6-18-9-10-20-12-11-19-8-7-17-4/h5-12H2,1-4H3,(H,15,16). The summed E-state index contributed by atoms with van der Waals surface area (Å²) in [7, 11) is 1.63. The van der Waals surface area contributed by atoms with Crippen LogP contribution in [-0.4, -0.2) is 71.6 Å². The number of carbonyl (C=O) groups is 1. The van der Waals surface area contributed by atoms with Gasteiger partial charge in [0.1, 0.15) is 5.60 Å². The molecule has 21 heavy (non-hydrogen) atoms. The van der Waals surface area contributed by atoms with Crippen LogP contribution in [0.4, 0.5) is 4.79 Å². The van der Waals surface area contributed by atoms with Crippen LogP contribution in [0.3, 0.4) is 0 Å². The molecular weight excluding hydrogens is 278 g/mol. The van der Waals surface area contributed by atoms with Crippen molar-refractivity contribution in [3.05, 3.63) is 0 Å². The van der Waals surface area contributed by atoms with Crippen molar-refractivity contribution in [3.63, 3.8) is 0 Å². The van der Waals surface area contributed by atoms with Crippen molar-refractivity contribution in [2.24, 2.45) is 0 Å². The van der Waals surface area contributed by atoms with Crippen molar-refractivity contribution >= 4 is 6.09 Å². The Balaban J connectivity index is 3.17. The zero-order chi connectivity index (χ0) is 16.0. The van der Waals surface area contributed by atoms with Crippen molar-refractivity contribution in [1.82, 2.24) is 5.32 Å². The Bertz CT molecular complexity index is 254. The highest BCUT2D eigenvalue weighted by atomic mass is 16.6. The number of nitrogens with one attached hydrogen (secondary N) is 1. The number of alkyl carbamates (subject to hydrolysis) is 1. The average molecular weight is 307 g/mol. The first kappa shape index (κ1) is 20.1. The quantitative estimate of drug-likeness (QED) is 0.546. The second-order valence-electron chi connectivity index (χ2n) is 5.26. The number of carbonyl (C=O) groups excluding carboxylic acids is 1. The van der Waals surface area contributed by atoms with E-state index >= 15 is 0 Å². The maximum atomic E-state index is 11.3. The number of ether oxygens (including phenoxy) is 5. The molecule has 0 aromatic carbocycles. The molecule has 0 bridgehead atoms. The SMILES string of the molecule is COCCOCCOCCOCCNC(=O)OC(C)(C)C. The van der Waals surface area contributed by atoms with Crippen LogP contribution in [0.5, 0.6) is 0 Å². The topological polar surface area (TPSA) is 75.3 Å². The highest BCUT2D eigenvalue weighted by Crippen LogP contribution is 2.05. The van der Waals surface area contributed by atoms with Gasteiger partial charge in [-0.05, 0) is 20.8 Å². The molecule has 0 aliphatic rings. The maximum absolute atomic E-state index is 11.3. The predicted octanol–water partition coefficient (Wildman–Crippen LogP) is 1.21. The van der Waals surface area contributed by atoms with Gasteiger partial charge in [-0.1, -0.05) is 0 Å². The molecule has 0 atom stereocenters. The summed E-state index contributed by atoms with van der Waals surface area (Å²) in [5.74, 6) is 0. The molecule has 0 saturated carbocycles. The molecule has 126 valence electrons. The van der Waals surface area contributed by atoms with Gasteiger partial charge in [-0.25, -0.2) is 4.79 Å². The van der Waals surface area contributed by atoms with Crippen LogP contribution in [-0.2, 0) is 23.7 Å². The minimum Gasteiger partial charge on any atom is -0.444 e. The summed E-state index contributed by atoms with van der Waals surface area (Å²) in [5, 5.41) is 2.61. The molecule has 7 nitrogen and oxygen atoms in total. The number of hydrogen-bond donors (Lipinski definition) is 1. The van der Waals surface area contributed by atoms with Crippen LogP contribution in [0.25, 0.3) is 0 Å². The van der Waals surface area contributed by atoms with Crippen LogP contribution in [0.1, 0.15) is 20.8 Å². The molecule has 0 aromatic heterocycles. The highest BCUT2D eigenvalue weighted by molar-refractivity contribution is 5.67. The summed E-state index contributed by atoms with van der Waals surface area (Å²) in [6.45, 7) is 9.52. The van der Waals surface area contributed by atoms with Crippen molar-refractivity contribution in [2.75, 3.05) is 59.9 Å². The molecule has 0 radical (unpaired) electrons. The van der Waals surface area contributed by atoms with Crippen LogP contribution < -0.4 is 5.32 Å². The lowest BCUT2D eigenvalue weighted by Crippen LogP contribution is -2.34. The van der Waals surface area contributed by atoms with E-state index in [2.05, 4.69) is 5.32 Å². The lowest BCUT2D eigenvalue weighted by Gasteiger charge is -2.19.